The Morgan fingerprint density at radius 2 is 1.61 bits per heavy atom. The molecule has 1 fully saturated rings. The van der Waals surface area contributed by atoms with Gasteiger partial charge in [0, 0.05) is 17.3 Å². The van der Waals surface area contributed by atoms with E-state index in [1.165, 1.54) is 16.7 Å². The predicted molar refractivity (Wildman–Crippen MR) is 131 cm³/mol. The van der Waals surface area contributed by atoms with Crippen molar-refractivity contribution in [1.29, 1.82) is 5.26 Å². The molecule has 164 valence electrons. The van der Waals surface area contributed by atoms with Gasteiger partial charge in [-0.2, -0.15) is 5.26 Å². The number of benzene rings is 3. The molecule has 0 aliphatic carbocycles. The fraction of sp³-hybridized carbons (Fsp3) is 0.115. The van der Waals surface area contributed by atoms with Crippen LogP contribution in [0.5, 0.6) is 0 Å². The average molecular weight is 474 g/mol. The van der Waals surface area contributed by atoms with Crippen molar-refractivity contribution in [2.24, 2.45) is 0 Å². The second kappa shape index (κ2) is 10.4. The Morgan fingerprint density at radius 3 is 2.24 bits per heavy atom. The number of hydrogen-bond donors (Lipinski definition) is 1. The smallest absolute Gasteiger partial charge is 0.264 e. The van der Waals surface area contributed by atoms with Crippen LogP contribution in [0.3, 0.4) is 0 Å². The first kappa shape index (κ1) is 22.7. The fourth-order valence-electron chi connectivity index (χ4n) is 3.50. The van der Waals surface area contributed by atoms with Crippen LogP contribution >= 0.6 is 23.4 Å². The van der Waals surface area contributed by atoms with E-state index in [9.17, 15) is 14.9 Å². The molecule has 3 aromatic carbocycles. The van der Waals surface area contributed by atoms with Crippen LogP contribution in [0, 0.1) is 11.3 Å². The summed E-state index contributed by atoms with van der Waals surface area (Å²) in [6, 6.07) is 27.9. The Hall–Kier alpha value is -3.53. The number of nitrogens with one attached hydrogen (secondary N) is 1. The van der Waals surface area contributed by atoms with E-state index in [0.29, 0.717) is 22.2 Å². The highest BCUT2D eigenvalue weighted by Gasteiger charge is 2.40. The molecule has 0 aromatic heterocycles. The highest BCUT2D eigenvalue weighted by Crippen LogP contribution is 2.41. The third kappa shape index (κ3) is 5.28. The molecule has 1 N–H and O–H groups in total. The summed E-state index contributed by atoms with van der Waals surface area (Å²) in [5.41, 5.74) is 2.41. The van der Waals surface area contributed by atoms with Crippen LogP contribution in [0.15, 0.2) is 95.5 Å². The van der Waals surface area contributed by atoms with Crippen LogP contribution in [0.2, 0.25) is 5.02 Å². The number of nitriles is 1. The zero-order valence-corrected chi connectivity index (χ0v) is 19.1. The topological polar surface area (TPSA) is 73.2 Å². The molecule has 1 saturated heterocycles. The van der Waals surface area contributed by atoms with Gasteiger partial charge >= 0.3 is 0 Å². The molecule has 33 heavy (non-hydrogen) atoms. The number of para-hydroxylation sites is 1. The van der Waals surface area contributed by atoms with Crippen molar-refractivity contribution in [3.05, 3.63) is 112 Å². The monoisotopic (exact) mass is 473 g/mol. The van der Waals surface area contributed by atoms with Crippen LogP contribution in [-0.2, 0) is 22.6 Å². The number of thioether (sulfide) groups is 1. The molecule has 7 heteroatoms. The third-order valence-corrected chi connectivity index (χ3v) is 6.66. The molecule has 0 bridgehead atoms. The summed E-state index contributed by atoms with van der Waals surface area (Å²) in [6.07, 6.45) is 0.456. The summed E-state index contributed by atoms with van der Waals surface area (Å²) in [7, 11) is 0. The highest BCUT2D eigenvalue weighted by atomic mass is 35.5. The summed E-state index contributed by atoms with van der Waals surface area (Å²) in [5.74, 6) is -0.676. The normalized spacial score (nSPS) is 16.9. The van der Waals surface area contributed by atoms with Crippen LogP contribution < -0.4 is 10.2 Å². The van der Waals surface area contributed by atoms with Crippen molar-refractivity contribution >= 4 is 40.9 Å². The zero-order chi connectivity index (χ0) is 23.2. The van der Waals surface area contributed by atoms with Crippen LogP contribution in [0.25, 0.3) is 0 Å². The highest BCUT2D eigenvalue weighted by molar-refractivity contribution is 8.05. The molecule has 1 aliphatic rings. The number of amides is 2. The second-order valence-electron chi connectivity index (χ2n) is 7.41. The molecule has 0 saturated carbocycles. The van der Waals surface area contributed by atoms with E-state index < -0.39 is 11.2 Å². The Labute approximate surface area is 201 Å². The van der Waals surface area contributed by atoms with Crippen molar-refractivity contribution in [3.63, 3.8) is 0 Å². The standard InChI is InChI=1S/C26H20ClN3O2S/c27-20-13-11-18(12-14-20)15-23-25(32)30(21-9-5-2-6-10-21)26(33-23)22(16-28)24(31)29-17-19-7-3-1-4-8-19/h1-14,23H,15,17H2,(H,29,31). The van der Waals surface area contributed by atoms with Gasteiger partial charge in [0.1, 0.15) is 16.7 Å². The fourth-order valence-corrected chi connectivity index (χ4v) is 4.93. The van der Waals surface area contributed by atoms with E-state index in [-0.39, 0.29) is 18.0 Å². The summed E-state index contributed by atoms with van der Waals surface area (Å²) >= 11 is 7.23. The van der Waals surface area contributed by atoms with E-state index in [0.717, 1.165) is 11.1 Å². The Bertz CT molecular complexity index is 1220. The van der Waals surface area contributed by atoms with Crippen molar-refractivity contribution < 1.29 is 9.59 Å². The zero-order valence-electron chi connectivity index (χ0n) is 17.6. The number of anilines is 1. The molecule has 1 unspecified atom stereocenters. The number of carbonyl (C=O) groups is 2. The first-order valence-electron chi connectivity index (χ1n) is 10.3. The molecule has 5 nitrogen and oxygen atoms in total. The van der Waals surface area contributed by atoms with Crippen molar-refractivity contribution in [2.75, 3.05) is 4.90 Å². The second-order valence-corrected chi connectivity index (χ2v) is 9.03. The Morgan fingerprint density at radius 1 is 0.970 bits per heavy atom. The minimum absolute atomic E-state index is 0.0771. The van der Waals surface area contributed by atoms with Gasteiger partial charge in [0.05, 0.1) is 5.25 Å². The van der Waals surface area contributed by atoms with E-state index in [2.05, 4.69) is 5.32 Å². The first-order valence-corrected chi connectivity index (χ1v) is 11.6. The molecule has 3 aromatic rings. The van der Waals surface area contributed by atoms with Crippen molar-refractivity contribution in [1.82, 2.24) is 5.32 Å². The summed E-state index contributed by atoms with van der Waals surface area (Å²) < 4.78 is 0. The maximum absolute atomic E-state index is 13.4. The number of rotatable bonds is 6. The minimum atomic E-state index is -0.510. The summed E-state index contributed by atoms with van der Waals surface area (Å²) in [4.78, 5) is 27.9. The predicted octanol–water partition coefficient (Wildman–Crippen LogP) is 5.08. The summed E-state index contributed by atoms with van der Waals surface area (Å²) in [5, 5.41) is 13.2. The molecule has 1 heterocycles. The van der Waals surface area contributed by atoms with E-state index in [1.807, 2.05) is 66.7 Å². The molecule has 1 atom stereocenters. The number of halogens is 1. The van der Waals surface area contributed by atoms with Gasteiger partial charge in [0.15, 0.2) is 0 Å². The minimum Gasteiger partial charge on any atom is -0.347 e. The summed E-state index contributed by atoms with van der Waals surface area (Å²) in [6.45, 7) is 0.288. The average Bonchev–Trinajstić information content (AvgIpc) is 3.16. The van der Waals surface area contributed by atoms with Crippen LogP contribution in [0.4, 0.5) is 5.69 Å². The van der Waals surface area contributed by atoms with Crippen LogP contribution in [-0.4, -0.2) is 17.1 Å². The van der Waals surface area contributed by atoms with Crippen molar-refractivity contribution in [3.8, 4) is 6.07 Å². The molecular weight excluding hydrogens is 454 g/mol. The lowest BCUT2D eigenvalue weighted by Gasteiger charge is -2.18. The largest absolute Gasteiger partial charge is 0.347 e. The SMILES string of the molecule is N#CC(C(=O)NCc1ccccc1)=C1SC(Cc2ccc(Cl)cc2)C(=O)N1c1ccccc1. The van der Waals surface area contributed by atoms with Gasteiger partial charge < -0.3 is 5.32 Å². The van der Waals surface area contributed by atoms with Gasteiger partial charge in [-0.25, -0.2) is 0 Å². The lowest BCUT2D eigenvalue weighted by molar-refractivity contribution is -0.117. The first-order chi connectivity index (χ1) is 16.1. The number of carbonyl (C=O) groups excluding carboxylic acids is 2. The van der Waals surface area contributed by atoms with Crippen molar-refractivity contribution in [2.45, 2.75) is 18.2 Å². The van der Waals surface area contributed by atoms with E-state index in [4.69, 9.17) is 11.6 Å². The van der Waals surface area contributed by atoms with Gasteiger partial charge in [-0.15, -0.1) is 0 Å². The lowest BCUT2D eigenvalue weighted by atomic mass is 10.1. The lowest BCUT2D eigenvalue weighted by Crippen LogP contribution is -2.32. The molecule has 2 amide bonds. The Kier molecular flexibility index (Phi) is 7.13. The third-order valence-electron chi connectivity index (χ3n) is 5.15. The quantitative estimate of drug-likeness (QED) is 0.400. The molecule has 4 rings (SSSR count). The number of nitrogens with zero attached hydrogens (tertiary/aromatic N) is 2. The Balaban J connectivity index is 1.65. The van der Waals surface area contributed by atoms with Crippen LogP contribution in [0.1, 0.15) is 11.1 Å². The van der Waals surface area contributed by atoms with Gasteiger partial charge in [0.25, 0.3) is 5.91 Å². The molecule has 1 aliphatic heterocycles. The van der Waals surface area contributed by atoms with Gasteiger partial charge in [-0.3, -0.25) is 14.5 Å². The maximum Gasteiger partial charge on any atom is 0.264 e. The van der Waals surface area contributed by atoms with E-state index in [1.54, 1.807) is 24.3 Å². The van der Waals surface area contributed by atoms with Gasteiger partial charge in [0.2, 0.25) is 5.91 Å². The maximum atomic E-state index is 13.4. The number of hydrogen-bond acceptors (Lipinski definition) is 4. The molecular formula is C26H20ClN3O2S. The van der Waals surface area contributed by atoms with Gasteiger partial charge in [-0.1, -0.05) is 84.0 Å². The van der Waals surface area contributed by atoms with Gasteiger partial charge in [-0.05, 0) is 41.8 Å². The molecule has 0 spiro atoms. The molecule has 0 radical (unpaired) electrons. The van der Waals surface area contributed by atoms with E-state index >= 15 is 0 Å².